The second kappa shape index (κ2) is 29.5. The summed E-state index contributed by atoms with van der Waals surface area (Å²) in [6.45, 7) is 14.5. The normalized spacial score (nSPS) is 11.6. The van der Waals surface area contributed by atoms with Gasteiger partial charge in [0, 0.05) is 0 Å². The summed E-state index contributed by atoms with van der Waals surface area (Å²) in [5.41, 5.74) is 0. The molecule has 0 aromatic carbocycles. The van der Waals surface area contributed by atoms with Gasteiger partial charge in [-0.05, 0) is 0 Å². The Balaban J connectivity index is 5.39. The maximum absolute atomic E-state index is 12.8. The van der Waals surface area contributed by atoms with Gasteiger partial charge in [0.05, 0.1) is 0 Å². The zero-order valence-corrected chi connectivity index (χ0v) is 33.8. The summed E-state index contributed by atoms with van der Waals surface area (Å²) in [6, 6.07) is 0. The first-order valence-corrected chi connectivity index (χ1v) is 30.4. The van der Waals surface area contributed by atoms with Crippen molar-refractivity contribution in [3.63, 3.8) is 0 Å². The van der Waals surface area contributed by atoms with Crippen LogP contribution in [0.3, 0.4) is 0 Å². The molecule has 0 atom stereocenters. The van der Waals surface area contributed by atoms with Crippen LogP contribution in [-0.2, 0) is 38.1 Å². The molecule has 0 radical (unpaired) electrons. The van der Waals surface area contributed by atoms with Crippen LogP contribution in [0.2, 0.25) is 8.87 Å². The number of unbranched alkanes of at least 4 members (excludes halogenated alkanes) is 6. The third-order valence-electron chi connectivity index (χ3n) is 7.23. The van der Waals surface area contributed by atoms with Gasteiger partial charge in [-0.3, -0.25) is 0 Å². The van der Waals surface area contributed by atoms with Gasteiger partial charge in [0.25, 0.3) is 0 Å². The topological polar surface area (TPSA) is 105 Å². The van der Waals surface area contributed by atoms with E-state index < -0.39 is 15.6 Å². The fourth-order valence-corrected chi connectivity index (χ4v) is 29.0. The van der Waals surface area contributed by atoms with Crippen molar-refractivity contribution >= 4 is 57.4 Å². The predicted molar refractivity (Wildman–Crippen MR) is 190 cm³/mol. The van der Waals surface area contributed by atoms with E-state index in [9.17, 15) is 19.2 Å². The van der Waals surface area contributed by atoms with E-state index in [1.165, 1.54) is 12.8 Å². The van der Waals surface area contributed by atoms with Gasteiger partial charge in [-0.1, -0.05) is 0 Å². The first-order chi connectivity index (χ1) is 21.5. The molecule has 0 aromatic rings. The number of rotatable bonds is 30. The Bertz CT molecular complexity index is 730. The van der Waals surface area contributed by atoms with E-state index in [1.807, 2.05) is 13.8 Å². The van der Waals surface area contributed by atoms with Crippen molar-refractivity contribution in [2.75, 3.05) is 37.9 Å². The first kappa shape index (κ1) is 44.4. The molecular formula is C34H64O8S2Sn. The minimum absolute atomic E-state index is 0.149. The third-order valence-corrected chi connectivity index (χ3v) is 36.5. The van der Waals surface area contributed by atoms with Gasteiger partial charge < -0.3 is 0 Å². The van der Waals surface area contributed by atoms with Crippen LogP contribution < -0.4 is 0 Å². The van der Waals surface area contributed by atoms with Crippen LogP contribution in [0, 0.1) is 11.8 Å². The third kappa shape index (κ3) is 28.1. The van der Waals surface area contributed by atoms with Crippen molar-refractivity contribution in [3.8, 4) is 0 Å². The van der Waals surface area contributed by atoms with Crippen LogP contribution >= 0.6 is 17.9 Å². The number of hydrogen-bond donors (Lipinski definition) is 0. The van der Waals surface area contributed by atoms with E-state index in [1.54, 1.807) is 17.9 Å². The standard InChI is InChI=1S/2C10H20O2S.2C7H13O2.Sn/c2*1-9(2)6-4-3-5-7-12-10(11)8-13;2*1-3-5-6-9-7(8)4-2;/h2*9,13H,3-8H2,1-2H3;2*2-6H2,1H3;/q;;;;+2/p-2. The molecule has 0 saturated heterocycles. The molecule has 264 valence electrons. The van der Waals surface area contributed by atoms with Crippen molar-refractivity contribution in [2.24, 2.45) is 11.8 Å². The Kier molecular flexibility index (Phi) is 29.1. The molecule has 0 aliphatic heterocycles. The molecule has 0 amide bonds. The van der Waals surface area contributed by atoms with Crippen molar-refractivity contribution < 1.29 is 38.1 Å². The molecule has 45 heavy (non-hydrogen) atoms. The number of esters is 4. The maximum atomic E-state index is 12.8. The van der Waals surface area contributed by atoms with Gasteiger partial charge in [-0.25, -0.2) is 0 Å². The summed E-state index contributed by atoms with van der Waals surface area (Å²) in [5.74, 6) is 0.513. The van der Waals surface area contributed by atoms with Crippen LogP contribution in [0.5, 0.6) is 0 Å². The van der Waals surface area contributed by atoms with Crippen molar-refractivity contribution in [3.05, 3.63) is 0 Å². The van der Waals surface area contributed by atoms with Crippen LogP contribution in [0.15, 0.2) is 0 Å². The van der Waals surface area contributed by atoms with E-state index in [2.05, 4.69) is 27.7 Å². The number of carbonyl (C=O) groups is 4. The second-order valence-corrected chi connectivity index (χ2v) is 38.9. The summed E-state index contributed by atoms with van der Waals surface area (Å²) in [7, 11) is 3.09. The molecule has 0 N–H and O–H groups in total. The molecule has 0 aliphatic carbocycles. The zero-order chi connectivity index (χ0) is 33.8. The quantitative estimate of drug-likeness (QED) is 0.0304. The molecule has 0 spiro atoms. The van der Waals surface area contributed by atoms with Crippen LogP contribution in [0.25, 0.3) is 0 Å². The fraction of sp³-hybridized carbons (Fsp3) is 0.882. The van der Waals surface area contributed by atoms with E-state index >= 15 is 0 Å². The number of hydrogen-bond acceptors (Lipinski definition) is 10. The van der Waals surface area contributed by atoms with E-state index in [4.69, 9.17) is 18.9 Å². The van der Waals surface area contributed by atoms with Crippen LogP contribution in [0.1, 0.15) is 131 Å². The molecule has 0 aliphatic rings. The summed E-state index contributed by atoms with van der Waals surface area (Å²) < 4.78 is 23.0. The Labute approximate surface area is 284 Å². The molecule has 0 heterocycles. The SMILES string of the molecule is CCCCOC(=O)C[CH2][Sn]([CH2]CC(=O)OCCCC)([S]CC(=O)OCCCCCC(C)C)[S]CC(=O)OCCCCCC(C)C. The monoisotopic (exact) mass is 784 g/mol. The number of carbonyl (C=O) groups excluding carboxylic acids is 4. The summed E-state index contributed by atoms with van der Waals surface area (Å²) in [4.78, 5) is 50.8. The van der Waals surface area contributed by atoms with Crippen LogP contribution in [0.4, 0.5) is 0 Å². The van der Waals surface area contributed by atoms with E-state index in [0.29, 0.717) is 47.1 Å². The first-order valence-electron chi connectivity index (χ1n) is 17.4. The molecule has 8 nitrogen and oxygen atoms in total. The van der Waals surface area contributed by atoms with Gasteiger partial charge in [-0.2, -0.15) is 0 Å². The summed E-state index contributed by atoms with van der Waals surface area (Å²) in [5, 5.41) is 0. The van der Waals surface area contributed by atoms with Gasteiger partial charge in [-0.15, -0.1) is 0 Å². The molecular weight excluding hydrogens is 719 g/mol. The van der Waals surface area contributed by atoms with E-state index in [0.717, 1.165) is 64.2 Å². The van der Waals surface area contributed by atoms with Crippen molar-refractivity contribution in [1.82, 2.24) is 0 Å². The average Bonchev–Trinajstić information content (AvgIpc) is 2.99. The molecule has 11 heteroatoms. The number of ether oxygens (including phenoxy) is 4. The Morgan fingerprint density at radius 1 is 0.511 bits per heavy atom. The summed E-state index contributed by atoms with van der Waals surface area (Å²) >= 11 is -3.62. The fourth-order valence-electron chi connectivity index (χ4n) is 4.34. The Morgan fingerprint density at radius 2 is 0.867 bits per heavy atom. The zero-order valence-electron chi connectivity index (χ0n) is 29.3. The van der Waals surface area contributed by atoms with Gasteiger partial charge >= 0.3 is 286 Å². The van der Waals surface area contributed by atoms with Gasteiger partial charge in [0.2, 0.25) is 0 Å². The van der Waals surface area contributed by atoms with Crippen LogP contribution in [-0.4, -0.2) is 77.4 Å². The second-order valence-electron chi connectivity index (χ2n) is 12.6. The average molecular weight is 784 g/mol. The molecule has 0 fully saturated rings. The van der Waals surface area contributed by atoms with Crippen molar-refractivity contribution in [1.29, 1.82) is 0 Å². The molecule has 0 rings (SSSR count). The Hall–Kier alpha value is -0.621. The van der Waals surface area contributed by atoms with E-state index in [-0.39, 0.29) is 48.2 Å². The molecule has 0 unspecified atom stereocenters. The molecule has 0 saturated carbocycles. The predicted octanol–water partition coefficient (Wildman–Crippen LogP) is 8.88. The molecule has 0 bridgehead atoms. The minimum atomic E-state index is -3.62. The van der Waals surface area contributed by atoms with Gasteiger partial charge in [0.1, 0.15) is 0 Å². The van der Waals surface area contributed by atoms with Crippen molar-refractivity contribution in [2.45, 2.75) is 140 Å². The summed E-state index contributed by atoms with van der Waals surface area (Å²) in [6.07, 6.45) is 12.2. The Morgan fingerprint density at radius 3 is 1.22 bits per heavy atom. The van der Waals surface area contributed by atoms with Gasteiger partial charge in [0.15, 0.2) is 0 Å². The molecule has 0 aromatic heterocycles.